The van der Waals surface area contributed by atoms with Crippen LogP contribution in [0.15, 0.2) is 97.1 Å². The van der Waals surface area contributed by atoms with Crippen LogP contribution in [-0.4, -0.2) is 149 Å². The van der Waals surface area contributed by atoms with Crippen LogP contribution in [0.1, 0.15) is 125 Å². The van der Waals surface area contributed by atoms with Crippen molar-refractivity contribution in [2.45, 2.75) is 88.4 Å². The molecule has 0 saturated carbocycles. The van der Waals surface area contributed by atoms with Gasteiger partial charge in [0.05, 0.1) is 12.2 Å². The van der Waals surface area contributed by atoms with Crippen molar-refractivity contribution in [2.75, 3.05) is 61.2 Å². The lowest BCUT2D eigenvalue weighted by atomic mass is 9.92. The van der Waals surface area contributed by atoms with Gasteiger partial charge in [-0.1, -0.05) is 47.9 Å². The van der Waals surface area contributed by atoms with E-state index in [4.69, 9.17) is 19.7 Å². The van der Waals surface area contributed by atoms with E-state index in [2.05, 4.69) is 34.3 Å². The summed E-state index contributed by atoms with van der Waals surface area (Å²) < 4.78 is 11.1. The number of hydrogen-bond acceptors (Lipinski definition) is 13. The summed E-state index contributed by atoms with van der Waals surface area (Å²) in [6.45, 7) is 2.11. The van der Waals surface area contributed by atoms with E-state index in [9.17, 15) is 44.1 Å². The lowest BCUT2D eigenvalue weighted by Gasteiger charge is -2.36. The second-order valence-electron chi connectivity index (χ2n) is 17.8. The molecule has 17 heteroatoms. The molecule has 0 bridgehead atoms. The Kier molecular flexibility index (Phi) is 23.3. The van der Waals surface area contributed by atoms with Crippen LogP contribution in [0.5, 0.6) is 0 Å². The summed E-state index contributed by atoms with van der Waals surface area (Å²) in [5.41, 5.74) is 1.30. The number of aliphatic hydroxyl groups is 5. The van der Waals surface area contributed by atoms with Crippen molar-refractivity contribution in [3.63, 3.8) is 0 Å². The number of ketones is 2. The average molecular weight is 1020 g/mol. The highest BCUT2D eigenvalue weighted by molar-refractivity contribution is 6.15. The molecule has 74 heavy (non-hydrogen) atoms. The maximum absolute atomic E-state index is 13.3. The predicted octanol–water partition coefficient (Wildman–Crippen LogP) is 3.61. The fourth-order valence-electron chi connectivity index (χ4n) is 7.68. The van der Waals surface area contributed by atoms with Crippen LogP contribution in [0.25, 0.3) is 0 Å². The van der Waals surface area contributed by atoms with Gasteiger partial charge in [0, 0.05) is 81.4 Å². The van der Waals surface area contributed by atoms with E-state index >= 15 is 0 Å². The number of nitrogens with one attached hydrogen (secondary N) is 2. The van der Waals surface area contributed by atoms with Crippen molar-refractivity contribution in [1.29, 1.82) is 0 Å². The Hall–Kier alpha value is -7.06. The first-order chi connectivity index (χ1) is 35.4. The van der Waals surface area contributed by atoms with Crippen molar-refractivity contribution < 1.29 is 63.8 Å². The van der Waals surface area contributed by atoms with Crippen LogP contribution in [0, 0.1) is 23.7 Å². The standard InChI is InChI=1S/C31H38N2O7.C26H30N2O6/c1-31(30(38)32-2,27(36)21-40-28-8-4-5-20-39-28)33(3)29(37)25-17-13-23(14-18-25)10-9-22-11-15-24(16-12-22)26(35)7-6-19-34;1-26(23(32)17-30,25(34)27-2)28(3)24(33)21-14-10-19(11-15-21)7-6-18-8-12-20(13-9-18)22(31)5-4-16-29/h11-18,26,28,34-35H,4-8,19-21H2,1-3H3,(H,32,38);8-15,22,29-31H,4-5,16-17H2,1-3H3,(H,27,34)/t26?,28?,31-;22?,26-/m11/s1. The monoisotopic (exact) mass is 1020 g/mol. The molecule has 0 aromatic heterocycles. The van der Waals surface area contributed by atoms with E-state index in [-0.39, 0.29) is 25.4 Å². The van der Waals surface area contributed by atoms with E-state index in [1.807, 2.05) is 24.3 Å². The van der Waals surface area contributed by atoms with Crippen molar-refractivity contribution in [3.05, 3.63) is 142 Å². The van der Waals surface area contributed by atoms with Crippen LogP contribution in [-0.2, 0) is 28.7 Å². The Morgan fingerprint density at radius 1 is 0.608 bits per heavy atom. The molecule has 1 saturated heterocycles. The second kappa shape index (κ2) is 29.0. The van der Waals surface area contributed by atoms with Crippen LogP contribution in [0.2, 0.25) is 0 Å². The molecule has 0 spiro atoms. The molecule has 1 aliphatic heterocycles. The lowest BCUT2D eigenvalue weighted by molar-refractivity contribution is -0.174. The summed E-state index contributed by atoms with van der Waals surface area (Å²) in [5.74, 6) is 8.42. The molecule has 0 radical (unpaired) electrons. The fourth-order valence-corrected chi connectivity index (χ4v) is 7.68. The van der Waals surface area contributed by atoms with Gasteiger partial charge >= 0.3 is 0 Å². The van der Waals surface area contributed by atoms with E-state index in [0.29, 0.717) is 55.4 Å². The second-order valence-corrected chi connectivity index (χ2v) is 17.8. The minimum atomic E-state index is -1.85. The highest BCUT2D eigenvalue weighted by Crippen LogP contribution is 2.24. The number of ether oxygens (including phenoxy) is 2. The van der Waals surface area contributed by atoms with Crippen molar-refractivity contribution in [3.8, 4) is 23.7 Å². The molecular weight excluding hydrogens is 949 g/mol. The molecule has 5 rings (SSSR count). The number of carbonyl (C=O) groups is 6. The number of Topliss-reactive ketones (excluding diaryl/α,β-unsaturated/α-hetero) is 2. The summed E-state index contributed by atoms with van der Waals surface area (Å²) in [4.78, 5) is 79.0. The number of amides is 4. The van der Waals surface area contributed by atoms with Gasteiger partial charge in [0.15, 0.2) is 28.9 Å². The quantitative estimate of drug-likeness (QED) is 0.0495. The number of nitrogens with zero attached hydrogens (tertiary/aromatic N) is 2. The third-order valence-electron chi connectivity index (χ3n) is 12.9. The van der Waals surface area contributed by atoms with Gasteiger partial charge < -0.3 is 55.4 Å². The molecular formula is C57H68N4O13. The number of rotatable bonds is 20. The van der Waals surface area contributed by atoms with E-state index < -0.39 is 71.4 Å². The molecule has 4 amide bonds. The van der Waals surface area contributed by atoms with Crippen molar-refractivity contribution >= 4 is 35.2 Å². The van der Waals surface area contributed by atoms with Gasteiger partial charge in [-0.3, -0.25) is 28.8 Å². The Bertz CT molecular complexity index is 2630. The summed E-state index contributed by atoms with van der Waals surface area (Å²) >= 11 is 0. The molecule has 7 N–H and O–H groups in total. The maximum atomic E-state index is 13.3. The largest absolute Gasteiger partial charge is 0.396 e. The average Bonchev–Trinajstić information content (AvgIpc) is 3.45. The Morgan fingerprint density at radius 2 is 0.973 bits per heavy atom. The molecule has 1 fully saturated rings. The summed E-state index contributed by atoms with van der Waals surface area (Å²) in [7, 11) is 5.52. The third-order valence-corrected chi connectivity index (χ3v) is 12.9. The van der Waals surface area contributed by atoms with Crippen LogP contribution in [0.4, 0.5) is 0 Å². The zero-order valence-corrected chi connectivity index (χ0v) is 42.9. The van der Waals surface area contributed by atoms with Crippen molar-refractivity contribution in [2.24, 2.45) is 0 Å². The van der Waals surface area contributed by atoms with Gasteiger partial charge in [-0.15, -0.1) is 0 Å². The number of aliphatic hydroxyl groups excluding tert-OH is 5. The summed E-state index contributed by atoms with van der Waals surface area (Å²) in [6, 6.07) is 27.5. The lowest BCUT2D eigenvalue weighted by Crippen LogP contribution is -2.62. The molecule has 4 aromatic rings. The number of hydrogen-bond donors (Lipinski definition) is 7. The number of carbonyl (C=O) groups excluding carboxylic acids is 6. The highest BCUT2D eigenvalue weighted by atomic mass is 16.7. The van der Waals surface area contributed by atoms with Gasteiger partial charge in [0.25, 0.3) is 23.6 Å². The van der Waals surface area contributed by atoms with Gasteiger partial charge in [-0.05, 0) is 143 Å². The Balaban J connectivity index is 0.000000325. The normalized spacial score (nSPS) is 15.3. The van der Waals surface area contributed by atoms with Crippen LogP contribution < -0.4 is 10.6 Å². The molecule has 1 heterocycles. The topological polar surface area (TPSA) is 253 Å². The SMILES string of the molecule is CNC(=O)[C@@](C)(C(=O)CO)N(C)C(=O)c1ccc(C#Cc2ccc(C(O)CCCO)cc2)cc1.CNC(=O)[C@@](C)(C(=O)COC1CCCCO1)N(C)C(=O)c1ccc(C#Cc2ccc(C(O)CCCO)cc2)cc1. The molecule has 4 aromatic carbocycles. The van der Waals surface area contributed by atoms with Crippen LogP contribution >= 0.6 is 0 Å². The highest BCUT2D eigenvalue weighted by Gasteiger charge is 2.47. The number of benzene rings is 4. The summed E-state index contributed by atoms with van der Waals surface area (Å²) in [5, 5.41) is 52.1. The predicted molar refractivity (Wildman–Crippen MR) is 276 cm³/mol. The molecule has 5 atom stereocenters. The minimum Gasteiger partial charge on any atom is -0.396 e. The van der Waals surface area contributed by atoms with Gasteiger partial charge in [-0.25, -0.2) is 0 Å². The smallest absolute Gasteiger partial charge is 0.254 e. The minimum absolute atomic E-state index is 0.0372. The third kappa shape index (κ3) is 15.7. The first kappa shape index (κ1) is 59.5. The van der Waals surface area contributed by atoms with Gasteiger partial charge in [-0.2, -0.15) is 0 Å². The zero-order chi connectivity index (χ0) is 54.4. The Morgan fingerprint density at radius 3 is 1.30 bits per heavy atom. The zero-order valence-electron chi connectivity index (χ0n) is 42.9. The van der Waals surface area contributed by atoms with E-state index in [1.54, 1.807) is 72.8 Å². The molecule has 394 valence electrons. The van der Waals surface area contributed by atoms with Gasteiger partial charge in [0.2, 0.25) is 0 Å². The van der Waals surface area contributed by atoms with Crippen LogP contribution in [0.3, 0.4) is 0 Å². The van der Waals surface area contributed by atoms with E-state index in [1.165, 1.54) is 42.0 Å². The number of likely N-dealkylation sites (N-methyl/N-ethyl adjacent to an activating group) is 4. The fraction of sp³-hybridized carbons (Fsp3) is 0.404. The van der Waals surface area contributed by atoms with Gasteiger partial charge in [0.1, 0.15) is 13.2 Å². The first-order valence-electron chi connectivity index (χ1n) is 24.3. The molecule has 0 aliphatic carbocycles. The van der Waals surface area contributed by atoms with Crippen molar-refractivity contribution in [1.82, 2.24) is 20.4 Å². The molecule has 1 aliphatic rings. The summed E-state index contributed by atoms with van der Waals surface area (Å²) in [6.07, 6.45) is 2.83. The van der Waals surface area contributed by atoms with E-state index in [0.717, 1.165) is 44.9 Å². The molecule has 3 unspecified atom stereocenters. The maximum Gasteiger partial charge on any atom is 0.254 e. The molecule has 17 nitrogen and oxygen atoms in total. The first-order valence-corrected chi connectivity index (χ1v) is 24.3. The Labute approximate surface area is 432 Å².